The summed E-state index contributed by atoms with van der Waals surface area (Å²) in [5, 5.41) is 2.06. The Kier molecular flexibility index (Phi) is 5.95. The predicted octanol–water partition coefficient (Wildman–Crippen LogP) is 7.36. The van der Waals surface area contributed by atoms with Gasteiger partial charge in [0.05, 0.1) is 17.1 Å². The minimum absolute atomic E-state index is 0.133. The van der Waals surface area contributed by atoms with E-state index in [4.69, 9.17) is 16.6 Å². The molecule has 0 atom stereocenters. The number of aliphatic imine (C=N–C) groups is 1. The molecule has 2 aliphatic rings. The second-order valence-corrected chi connectivity index (χ2v) is 9.99. The second-order valence-electron chi connectivity index (χ2n) is 7.55. The Hall–Kier alpha value is -2.74. The fourth-order valence-corrected chi connectivity index (χ4v) is 6.28. The first kappa shape index (κ1) is 22.1. The number of benzene rings is 3. The van der Waals surface area contributed by atoms with Crippen molar-refractivity contribution in [2.24, 2.45) is 4.99 Å². The Morgan fingerprint density at radius 3 is 2.55 bits per heavy atom. The van der Waals surface area contributed by atoms with E-state index < -0.39 is 0 Å². The lowest BCUT2D eigenvalue weighted by Gasteiger charge is -2.19. The molecule has 0 unspecified atom stereocenters. The Bertz CT molecular complexity index is 1320. The fraction of sp³-hybridized carbons (Fsp3) is 0.120. The van der Waals surface area contributed by atoms with Gasteiger partial charge in [-0.15, -0.1) is 0 Å². The zero-order chi connectivity index (χ0) is 23.1. The Morgan fingerprint density at radius 1 is 1.03 bits per heavy atom. The van der Waals surface area contributed by atoms with E-state index in [2.05, 4.69) is 4.90 Å². The molecule has 8 heteroatoms. The van der Waals surface area contributed by atoms with Crippen molar-refractivity contribution in [1.82, 2.24) is 0 Å². The van der Waals surface area contributed by atoms with Gasteiger partial charge in [0, 0.05) is 16.5 Å². The first-order chi connectivity index (χ1) is 15.9. The molecular weight excluding hydrogens is 477 g/mol. The third-order valence-corrected chi connectivity index (χ3v) is 7.84. The number of carbonyl (C=O) groups is 1. The van der Waals surface area contributed by atoms with E-state index in [1.165, 1.54) is 23.9 Å². The van der Waals surface area contributed by atoms with Crippen LogP contribution in [0, 0.1) is 12.7 Å². The fourth-order valence-electron chi connectivity index (χ4n) is 3.74. The number of anilines is 2. The maximum Gasteiger partial charge on any atom is 0.274 e. The highest BCUT2D eigenvalue weighted by atomic mass is 35.5. The second kappa shape index (κ2) is 8.89. The maximum atomic E-state index is 13.8. The summed E-state index contributed by atoms with van der Waals surface area (Å²) in [7, 11) is 0. The van der Waals surface area contributed by atoms with Crippen LogP contribution in [0.5, 0.6) is 0 Å². The number of nitrogens with zero attached hydrogens (tertiary/aromatic N) is 3. The van der Waals surface area contributed by atoms with Gasteiger partial charge in [-0.2, -0.15) is 0 Å². The van der Waals surface area contributed by atoms with E-state index in [1.54, 1.807) is 28.8 Å². The van der Waals surface area contributed by atoms with E-state index in [0.29, 0.717) is 27.3 Å². The minimum Gasteiger partial charge on any atom is -0.334 e. The van der Waals surface area contributed by atoms with Gasteiger partial charge in [-0.3, -0.25) is 9.69 Å². The molecule has 33 heavy (non-hydrogen) atoms. The summed E-state index contributed by atoms with van der Waals surface area (Å²) >= 11 is 9.14. The van der Waals surface area contributed by atoms with Crippen LogP contribution >= 0.6 is 35.1 Å². The zero-order valence-corrected chi connectivity index (χ0v) is 20.3. The van der Waals surface area contributed by atoms with E-state index in [1.807, 2.05) is 56.3 Å². The summed E-state index contributed by atoms with van der Waals surface area (Å²) in [6.07, 6.45) is 0. The van der Waals surface area contributed by atoms with Gasteiger partial charge in [0.25, 0.3) is 5.91 Å². The molecule has 0 aromatic heterocycles. The molecule has 0 N–H and O–H groups in total. The molecule has 3 aromatic rings. The number of fused-ring (bicyclic) bond motifs is 1. The molecule has 4 nitrogen and oxygen atoms in total. The Balaban J connectivity index is 1.63. The SMILES string of the molecule is CCN1C(=C2SC(=Nc3ccc(F)cc3)N(c3cccc(C)c3)C2=O)Sc2ccc(Cl)cc21. The summed E-state index contributed by atoms with van der Waals surface area (Å²) < 4.78 is 13.4. The quantitative estimate of drug-likeness (QED) is 0.356. The molecule has 166 valence electrons. The first-order valence-electron chi connectivity index (χ1n) is 10.4. The van der Waals surface area contributed by atoms with E-state index in [9.17, 15) is 9.18 Å². The van der Waals surface area contributed by atoms with Crippen LogP contribution < -0.4 is 9.80 Å². The third-order valence-electron chi connectivity index (χ3n) is 5.27. The topological polar surface area (TPSA) is 35.9 Å². The number of amides is 1. The maximum absolute atomic E-state index is 13.8. The lowest BCUT2D eigenvalue weighted by molar-refractivity contribution is -0.113. The van der Waals surface area contributed by atoms with Crippen LogP contribution in [0.3, 0.4) is 0 Å². The van der Waals surface area contributed by atoms with Crippen LogP contribution in [-0.4, -0.2) is 17.6 Å². The van der Waals surface area contributed by atoms with Gasteiger partial charge >= 0.3 is 0 Å². The van der Waals surface area contributed by atoms with Gasteiger partial charge in [0.2, 0.25) is 0 Å². The minimum atomic E-state index is -0.329. The van der Waals surface area contributed by atoms with Crippen molar-refractivity contribution in [2.45, 2.75) is 18.7 Å². The van der Waals surface area contributed by atoms with Crippen molar-refractivity contribution in [2.75, 3.05) is 16.3 Å². The Labute approximate surface area is 205 Å². The average molecular weight is 496 g/mol. The number of amidine groups is 1. The normalized spacial score (nSPS) is 19.0. The smallest absolute Gasteiger partial charge is 0.274 e. The number of thioether (sulfide) groups is 2. The number of carbonyl (C=O) groups excluding carboxylic acids is 1. The molecule has 0 bridgehead atoms. The lowest BCUT2D eigenvalue weighted by Crippen LogP contribution is -2.29. The molecule has 0 spiro atoms. The Morgan fingerprint density at radius 2 is 1.82 bits per heavy atom. The van der Waals surface area contributed by atoms with Crippen molar-refractivity contribution >= 4 is 63.3 Å². The molecule has 0 radical (unpaired) electrons. The molecule has 0 saturated carbocycles. The monoisotopic (exact) mass is 495 g/mol. The van der Waals surface area contributed by atoms with Crippen LogP contribution in [0.25, 0.3) is 0 Å². The van der Waals surface area contributed by atoms with Gasteiger partial charge in [-0.25, -0.2) is 9.38 Å². The van der Waals surface area contributed by atoms with E-state index >= 15 is 0 Å². The summed E-state index contributed by atoms with van der Waals surface area (Å²) in [5.74, 6) is -0.462. The number of hydrogen-bond donors (Lipinski definition) is 0. The largest absolute Gasteiger partial charge is 0.334 e. The van der Waals surface area contributed by atoms with Crippen molar-refractivity contribution < 1.29 is 9.18 Å². The number of halogens is 2. The van der Waals surface area contributed by atoms with Crippen LogP contribution in [-0.2, 0) is 4.79 Å². The number of hydrogen-bond acceptors (Lipinski definition) is 5. The van der Waals surface area contributed by atoms with Crippen molar-refractivity contribution in [3.8, 4) is 0 Å². The molecule has 2 aliphatic heterocycles. The summed E-state index contributed by atoms with van der Waals surface area (Å²) in [4.78, 5) is 23.9. The molecule has 3 aromatic carbocycles. The van der Waals surface area contributed by atoms with Crippen molar-refractivity contribution in [1.29, 1.82) is 0 Å². The zero-order valence-electron chi connectivity index (χ0n) is 17.9. The summed E-state index contributed by atoms with van der Waals surface area (Å²) in [5.41, 5.74) is 3.37. The van der Waals surface area contributed by atoms with Gasteiger partial charge in [-0.1, -0.05) is 35.5 Å². The predicted molar refractivity (Wildman–Crippen MR) is 137 cm³/mol. The number of aryl methyl sites for hydroxylation is 1. The van der Waals surface area contributed by atoms with Crippen LogP contribution in [0.1, 0.15) is 12.5 Å². The summed E-state index contributed by atoms with van der Waals surface area (Å²) in [6, 6.07) is 19.5. The standard InChI is InChI=1S/C25H19ClFN3OS2/c1-3-29-20-14-16(26)7-12-21(20)32-24(29)22-23(31)30(19-6-4-5-15(2)13-19)25(33-22)28-18-10-8-17(27)9-11-18/h4-14H,3H2,1-2H3. The van der Waals surface area contributed by atoms with Gasteiger partial charge in [0.15, 0.2) is 5.17 Å². The molecule has 0 aliphatic carbocycles. The highest BCUT2D eigenvalue weighted by molar-refractivity contribution is 8.20. The van der Waals surface area contributed by atoms with E-state index in [0.717, 1.165) is 26.9 Å². The molecule has 1 amide bonds. The van der Waals surface area contributed by atoms with Crippen LogP contribution in [0.2, 0.25) is 5.02 Å². The molecule has 5 rings (SSSR count). The van der Waals surface area contributed by atoms with Crippen LogP contribution in [0.15, 0.2) is 86.6 Å². The van der Waals surface area contributed by atoms with Crippen molar-refractivity contribution in [3.05, 3.63) is 93.1 Å². The van der Waals surface area contributed by atoms with Gasteiger partial charge in [-0.05, 0) is 85.8 Å². The first-order valence-corrected chi connectivity index (χ1v) is 12.4. The average Bonchev–Trinajstić information content (AvgIpc) is 3.31. The number of rotatable bonds is 3. The third kappa shape index (κ3) is 4.16. The summed E-state index contributed by atoms with van der Waals surface area (Å²) in [6.45, 7) is 4.73. The molecular formula is C25H19ClFN3OS2. The highest BCUT2D eigenvalue weighted by Gasteiger charge is 2.40. The molecule has 1 fully saturated rings. The van der Waals surface area contributed by atoms with Crippen molar-refractivity contribution in [3.63, 3.8) is 0 Å². The lowest BCUT2D eigenvalue weighted by atomic mass is 10.2. The van der Waals surface area contributed by atoms with E-state index in [-0.39, 0.29) is 11.7 Å². The molecule has 1 saturated heterocycles. The van der Waals surface area contributed by atoms with Gasteiger partial charge in [0.1, 0.15) is 15.8 Å². The molecule has 2 heterocycles. The highest BCUT2D eigenvalue weighted by Crippen LogP contribution is 2.51. The van der Waals surface area contributed by atoms with Crippen LogP contribution in [0.4, 0.5) is 21.5 Å². The van der Waals surface area contributed by atoms with Gasteiger partial charge < -0.3 is 4.90 Å².